The number of anilines is 1. The highest BCUT2D eigenvalue weighted by atomic mass is 16.5. The van der Waals surface area contributed by atoms with Crippen LogP contribution in [0, 0.1) is 0 Å². The van der Waals surface area contributed by atoms with Crippen LogP contribution in [0.1, 0.15) is 17.3 Å². The van der Waals surface area contributed by atoms with Crippen molar-refractivity contribution in [2.45, 2.75) is 6.92 Å². The van der Waals surface area contributed by atoms with Crippen molar-refractivity contribution in [3.05, 3.63) is 23.8 Å². The Kier molecular flexibility index (Phi) is 5.53. The van der Waals surface area contributed by atoms with Crippen molar-refractivity contribution < 1.29 is 29.3 Å². The predicted molar refractivity (Wildman–Crippen MR) is 73.3 cm³/mol. The second kappa shape index (κ2) is 7.13. The van der Waals surface area contributed by atoms with Crippen molar-refractivity contribution in [3.8, 4) is 5.75 Å². The number of ether oxygens (including phenoxy) is 1. The summed E-state index contributed by atoms with van der Waals surface area (Å²) in [5.74, 6) is -2.28. The molecular formula is C13H16N2O6. The molecule has 114 valence electrons. The molecule has 0 atom stereocenters. The predicted octanol–water partition coefficient (Wildman–Crippen LogP) is 1.12. The van der Waals surface area contributed by atoms with Crippen molar-refractivity contribution in [1.29, 1.82) is 0 Å². The van der Waals surface area contributed by atoms with E-state index in [-0.39, 0.29) is 24.4 Å². The Balaban J connectivity index is 2.68. The molecule has 0 saturated carbocycles. The first kappa shape index (κ1) is 16.3. The fourth-order valence-electron chi connectivity index (χ4n) is 1.48. The Morgan fingerprint density at radius 2 is 2.00 bits per heavy atom. The summed E-state index contributed by atoms with van der Waals surface area (Å²) in [6.45, 7) is 1.66. The lowest BCUT2D eigenvalue weighted by Gasteiger charge is -2.17. The largest absolute Gasteiger partial charge is 0.507 e. The maximum absolute atomic E-state index is 11.8. The molecule has 0 heterocycles. The maximum atomic E-state index is 11.8. The number of esters is 1. The number of nitrogens with one attached hydrogen (secondary N) is 1. The molecule has 0 aliphatic heterocycles. The molecule has 0 saturated heterocycles. The van der Waals surface area contributed by atoms with Gasteiger partial charge in [-0.2, -0.15) is 0 Å². The number of hydrogen-bond acceptors (Lipinski definition) is 5. The molecule has 2 amide bonds. The number of urea groups is 1. The highest BCUT2D eigenvalue weighted by Gasteiger charge is 2.15. The van der Waals surface area contributed by atoms with Crippen LogP contribution in [-0.2, 0) is 9.53 Å². The Hall–Kier alpha value is -2.77. The van der Waals surface area contributed by atoms with Gasteiger partial charge in [-0.1, -0.05) is 0 Å². The summed E-state index contributed by atoms with van der Waals surface area (Å²) in [4.78, 5) is 34.9. The molecule has 0 spiro atoms. The molecule has 0 radical (unpaired) electrons. The number of likely N-dealkylation sites (N-methyl/N-ethyl adjacent to an activating group) is 1. The first-order chi connectivity index (χ1) is 9.85. The highest BCUT2D eigenvalue weighted by molar-refractivity contribution is 5.94. The van der Waals surface area contributed by atoms with Gasteiger partial charge in [0.15, 0.2) is 0 Å². The number of benzene rings is 1. The highest BCUT2D eigenvalue weighted by Crippen LogP contribution is 2.22. The Morgan fingerprint density at radius 1 is 1.33 bits per heavy atom. The molecule has 3 N–H and O–H groups in total. The van der Waals surface area contributed by atoms with Gasteiger partial charge in [0.05, 0.1) is 6.61 Å². The summed E-state index contributed by atoms with van der Waals surface area (Å²) >= 11 is 0. The van der Waals surface area contributed by atoms with Crippen molar-refractivity contribution >= 4 is 23.7 Å². The van der Waals surface area contributed by atoms with Crippen LogP contribution in [0.2, 0.25) is 0 Å². The zero-order chi connectivity index (χ0) is 16.0. The molecular weight excluding hydrogens is 280 g/mol. The third-order valence-electron chi connectivity index (χ3n) is 2.50. The van der Waals surface area contributed by atoms with Gasteiger partial charge in [-0.25, -0.2) is 9.59 Å². The number of rotatable bonds is 5. The molecule has 0 unspecified atom stereocenters. The number of carboxylic acids is 1. The smallest absolute Gasteiger partial charge is 0.339 e. The van der Waals surface area contributed by atoms with E-state index in [1.54, 1.807) is 6.92 Å². The molecule has 21 heavy (non-hydrogen) atoms. The number of aromatic carboxylic acids is 1. The monoisotopic (exact) mass is 296 g/mol. The summed E-state index contributed by atoms with van der Waals surface area (Å²) < 4.78 is 4.71. The average Bonchev–Trinajstić information content (AvgIpc) is 2.38. The van der Waals surface area contributed by atoms with E-state index >= 15 is 0 Å². The summed E-state index contributed by atoms with van der Waals surface area (Å²) in [6, 6.07) is 3.02. The van der Waals surface area contributed by atoms with Crippen LogP contribution < -0.4 is 5.32 Å². The number of amides is 2. The van der Waals surface area contributed by atoms with Crippen LogP contribution in [0.4, 0.5) is 10.5 Å². The van der Waals surface area contributed by atoms with Crippen molar-refractivity contribution in [2.24, 2.45) is 0 Å². The minimum atomic E-state index is -1.27. The summed E-state index contributed by atoms with van der Waals surface area (Å²) in [5.41, 5.74) is -0.0638. The lowest BCUT2D eigenvalue weighted by Crippen LogP contribution is -2.36. The molecule has 0 aliphatic carbocycles. The maximum Gasteiger partial charge on any atom is 0.339 e. The topological polar surface area (TPSA) is 116 Å². The fourth-order valence-corrected chi connectivity index (χ4v) is 1.48. The van der Waals surface area contributed by atoms with Gasteiger partial charge in [0.2, 0.25) is 0 Å². The molecule has 0 aromatic heterocycles. The summed E-state index contributed by atoms with van der Waals surface area (Å²) in [6.07, 6.45) is 0. The lowest BCUT2D eigenvalue weighted by atomic mass is 10.2. The van der Waals surface area contributed by atoms with Crippen LogP contribution in [-0.4, -0.2) is 53.3 Å². The third-order valence-corrected chi connectivity index (χ3v) is 2.50. The number of aromatic hydroxyl groups is 1. The second-order valence-electron chi connectivity index (χ2n) is 4.13. The number of carboxylic acid groups (broad SMARTS) is 1. The molecule has 1 aromatic rings. The second-order valence-corrected chi connectivity index (χ2v) is 4.13. The fraction of sp³-hybridized carbons (Fsp3) is 0.308. The number of carbonyl (C=O) groups excluding carboxylic acids is 2. The molecule has 8 nitrogen and oxygen atoms in total. The normalized spacial score (nSPS) is 9.81. The van der Waals surface area contributed by atoms with Gasteiger partial charge in [-0.05, 0) is 19.1 Å². The van der Waals surface area contributed by atoms with E-state index in [1.165, 1.54) is 19.2 Å². The van der Waals surface area contributed by atoms with Gasteiger partial charge in [-0.3, -0.25) is 4.79 Å². The first-order valence-electron chi connectivity index (χ1n) is 6.09. The molecule has 1 rings (SSSR count). The molecule has 0 fully saturated rings. The van der Waals surface area contributed by atoms with Crippen molar-refractivity contribution in [3.63, 3.8) is 0 Å². The Bertz CT molecular complexity index is 558. The van der Waals surface area contributed by atoms with Gasteiger partial charge in [-0.15, -0.1) is 0 Å². The lowest BCUT2D eigenvalue weighted by molar-refractivity contribution is -0.143. The third kappa shape index (κ3) is 4.68. The van der Waals surface area contributed by atoms with E-state index < -0.39 is 23.7 Å². The van der Waals surface area contributed by atoms with Crippen LogP contribution in [0.15, 0.2) is 18.2 Å². The van der Waals surface area contributed by atoms with Crippen LogP contribution in [0.25, 0.3) is 0 Å². The Labute approximate surface area is 120 Å². The van der Waals surface area contributed by atoms with Gasteiger partial charge < -0.3 is 25.2 Å². The van der Waals surface area contributed by atoms with Crippen LogP contribution >= 0.6 is 0 Å². The quantitative estimate of drug-likeness (QED) is 0.701. The van der Waals surface area contributed by atoms with Gasteiger partial charge in [0.1, 0.15) is 17.9 Å². The number of hydrogen-bond donors (Lipinski definition) is 3. The minimum absolute atomic E-state index is 0.207. The van der Waals surface area contributed by atoms with E-state index in [2.05, 4.69) is 5.32 Å². The van der Waals surface area contributed by atoms with Crippen LogP contribution in [0.3, 0.4) is 0 Å². The van der Waals surface area contributed by atoms with Gasteiger partial charge in [0, 0.05) is 18.8 Å². The number of carbonyl (C=O) groups is 3. The average molecular weight is 296 g/mol. The van der Waals surface area contributed by atoms with Crippen LogP contribution in [0.5, 0.6) is 5.75 Å². The molecule has 0 bridgehead atoms. The van der Waals surface area contributed by atoms with E-state index in [1.807, 2.05) is 0 Å². The number of phenols is 1. The van der Waals surface area contributed by atoms with Crippen molar-refractivity contribution in [1.82, 2.24) is 4.90 Å². The molecule has 0 aliphatic rings. The van der Waals surface area contributed by atoms with E-state index in [0.717, 1.165) is 11.0 Å². The first-order valence-corrected chi connectivity index (χ1v) is 6.09. The molecule has 1 aromatic carbocycles. The standard InChI is InChI=1S/C13H16N2O6/c1-3-21-11(17)7-15(2)13(20)14-8-4-5-9(12(18)19)10(16)6-8/h4-6,16H,3,7H2,1-2H3,(H,14,20)(H,18,19). The zero-order valence-corrected chi connectivity index (χ0v) is 11.6. The van der Waals surface area contributed by atoms with E-state index in [0.29, 0.717) is 0 Å². The summed E-state index contributed by atoms with van der Waals surface area (Å²) in [5, 5.41) is 20.7. The van der Waals surface area contributed by atoms with E-state index in [4.69, 9.17) is 9.84 Å². The molecule has 8 heteroatoms. The minimum Gasteiger partial charge on any atom is -0.507 e. The number of nitrogens with zero attached hydrogens (tertiary/aromatic N) is 1. The SMILES string of the molecule is CCOC(=O)CN(C)C(=O)Nc1ccc(C(=O)O)c(O)c1. The van der Waals surface area contributed by atoms with Gasteiger partial charge >= 0.3 is 18.0 Å². The summed E-state index contributed by atoms with van der Waals surface area (Å²) in [7, 11) is 1.40. The van der Waals surface area contributed by atoms with Crippen molar-refractivity contribution in [2.75, 3.05) is 25.5 Å². The zero-order valence-electron chi connectivity index (χ0n) is 11.6. The van der Waals surface area contributed by atoms with E-state index in [9.17, 15) is 19.5 Å². The van der Waals surface area contributed by atoms with Gasteiger partial charge in [0.25, 0.3) is 0 Å². The Morgan fingerprint density at radius 3 is 2.52 bits per heavy atom.